The van der Waals surface area contributed by atoms with Crippen LogP contribution in [0.25, 0.3) is 0 Å². The van der Waals surface area contributed by atoms with Crippen LogP contribution in [0.15, 0.2) is 30.3 Å². The molecule has 2 heterocycles. The van der Waals surface area contributed by atoms with Crippen LogP contribution in [0, 0.1) is 0 Å². The van der Waals surface area contributed by atoms with Crippen molar-refractivity contribution in [3.63, 3.8) is 0 Å². The third kappa shape index (κ3) is 0.786. The van der Waals surface area contributed by atoms with Crippen molar-refractivity contribution in [3.05, 3.63) is 30.3 Å². The molecule has 2 nitrogen and oxygen atoms in total. The summed E-state index contributed by atoms with van der Waals surface area (Å²) in [5.41, 5.74) is 1.38. The van der Waals surface area contributed by atoms with Crippen molar-refractivity contribution in [1.29, 1.82) is 0 Å². The second-order valence-electron chi connectivity index (χ2n) is 3.54. The van der Waals surface area contributed by atoms with Crippen LogP contribution in [0.4, 0.5) is 5.69 Å². The van der Waals surface area contributed by atoms with Crippen molar-refractivity contribution >= 4 is 5.69 Å². The van der Waals surface area contributed by atoms with E-state index in [2.05, 4.69) is 40.5 Å². The third-order valence-corrected chi connectivity index (χ3v) is 2.83. The number of hydrogen-bond donors (Lipinski definition) is 1. The van der Waals surface area contributed by atoms with Gasteiger partial charge < -0.3 is 10.2 Å². The molecule has 2 fully saturated rings. The molecule has 0 unspecified atom stereocenters. The van der Waals surface area contributed by atoms with Gasteiger partial charge in [-0.3, -0.25) is 0 Å². The Morgan fingerprint density at radius 3 is 2.42 bits per heavy atom. The first-order valence-corrected chi connectivity index (χ1v) is 4.51. The van der Waals surface area contributed by atoms with E-state index < -0.39 is 0 Å². The monoisotopic (exact) mass is 160 g/mol. The normalized spacial score (nSPS) is 31.8. The minimum atomic E-state index is 0.785. The molecular weight excluding hydrogens is 148 g/mol. The van der Waals surface area contributed by atoms with E-state index in [1.54, 1.807) is 0 Å². The Balaban J connectivity index is 1.85. The fourth-order valence-corrected chi connectivity index (χ4v) is 2.17. The van der Waals surface area contributed by atoms with E-state index in [9.17, 15) is 0 Å². The SMILES string of the molecule is c1ccc(N2[C@@H]3CNC[C@@H]32)cc1. The Hall–Kier alpha value is -1.02. The van der Waals surface area contributed by atoms with Crippen molar-refractivity contribution in [2.24, 2.45) is 0 Å². The molecule has 62 valence electrons. The average molecular weight is 160 g/mol. The molecule has 0 saturated carbocycles. The molecule has 2 heteroatoms. The number of hydrogen-bond acceptors (Lipinski definition) is 2. The van der Waals surface area contributed by atoms with Gasteiger partial charge in [-0.25, -0.2) is 0 Å². The van der Waals surface area contributed by atoms with E-state index in [1.165, 1.54) is 18.8 Å². The molecule has 2 atom stereocenters. The highest BCUT2D eigenvalue weighted by molar-refractivity contribution is 5.57. The van der Waals surface area contributed by atoms with Gasteiger partial charge in [-0.15, -0.1) is 0 Å². The molecule has 0 aromatic heterocycles. The number of fused-ring (bicyclic) bond motifs is 1. The van der Waals surface area contributed by atoms with Crippen LogP contribution in [0.3, 0.4) is 0 Å². The Kier molecular flexibility index (Phi) is 1.21. The molecule has 2 aliphatic rings. The first-order chi connectivity index (χ1) is 5.97. The number of benzene rings is 1. The summed E-state index contributed by atoms with van der Waals surface area (Å²) in [6, 6.07) is 12.2. The van der Waals surface area contributed by atoms with E-state index in [0.717, 1.165) is 12.1 Å². The third-order valence-electron chi connectivity index (χ3n) is 2.83. The Bertz CT molecular complexity index is 273. The van der Waals surface area contributed by atoms with E-state index in [1.807, 2.05) is 0 Å². The molecule has 0 radical (unpaired) electrons. The van der Waals surface area contributed by atoms with Crippen LogP contribution in [-0.4, -0.2) is 25.2 Å². The summed E-state index contributed by atoms with van der Waals surface area (Å²) in [4.78, 5) is 2.50. The Labute approximate surface area is 72.2 Å². The summed E-state index contributed by atoms with van der Waals surface area (Å²) in [6.45, 7) is 2.33. The maximum atomic E-state index is 3.38. The van der Waals surface area contributed by atoms with Crippen molar-refractivity contribution in [2.75, 3.05) is 18.0 Å². The topological polar surface area (TPSA) is 15.0 Å². The first kappa shape index (κ1) is 6.49. The summed E-state index contributed by atoms with van der Waals surface area (Å²) >= 11 is 0. The van der Waals surface area contributed by atoms with E-state index >= 15 is 0 Å². The summed E-state index contributed by atoms with van der Waals surface area (Å²) in [5, 5.41) is 3.38. The number of para-hydroxylation sites is 1. The fraction of sp³-hybridized carbons (Fsp3) is 0.400. The standard InChI is InChI=1S/C10H12N2/c1-2-4-8(5-3-1)12-9-6-11-7-10(9)12/h1-5,9-11H,6-7H2/t9-,10+,12?. The zero-order valence-corrected chi connectivity index (χ0v) is 6.90. The molecule has 0 amide bonds. The lowest BCUT2D eigenvalue weighted by Gasteiger charge is -2.09. The molecule has 2 aliphatic heterocycles. The zero-order valence-electron chi connectivity index (χ0n) is 6.90. The van der Waals surface area contributed by atoms with Crippen molar-refractivity contribution in [2.45, 2.75) is 12.1 Å². The average Bonchev–Trinajstić information content (AvgIpc) is 2.62. The summed E-state index contributed by atoms with van der Waals surface area (Å²) in [5.74, 6) is 0. The quantitative estimate of drug-likeness (QED) is 0.612. The van der Waals surface area contributed by atoms with Crippen LogP contribution < -0.4 is 10.2 Å². The summed E-state index contributed by atoms with van der Waals surface area (Å²) in [6.07, 6.45) is 0. The predicted octanol–water partition coefficient (Wildman–Crippen LogP) is 0.847. The maximum absolute atomic E-state index is 3.38. The van der Waals surface area contributed by atoms with Crippen LogP contribution in [0.1, 0.15) is 0 Å². The van der Waals surface area contributed by atoms with Gasteiger partial charge in [0.15, 0.2) is 0 Å². The minimum absolute atomic E-state index is 0.785. The molecule has 2 saturated heterocycles. The number of anilines is 1. The van der Waals surface area contributed by atoms with Gasteiger partial charge in [-0.2, -0.15) is 0 Å². The molecule has 1 N–H and O–H groups in total. The second-order valence-corrected chi connectivity index (χ2v) is 3.54. The van der Waals surface area contributed by atoms with E-state index in [4.69, 9.17) is 0 Å². The fourth-order valence-electron chi connectivity index (χ4n) is 2.17. The van der Waals surface area contributed by atoms with E-state index in [-0.39, 0.29) is 0 Å². The van der Waals surface area contributed by atoms with Gasteiger partial charge in [0, 0.05) is 18.8 Å². The number of nitrogens with one attached hydrogen (secondary N) is 1. The number of nitrogens with zero attached hydrogens (tertiary/aromatic N) is 1. The second kappa shape index (κ2) is 2.23. The first-order valence-electron chi connectivity index (χ1n) is 4.51. The van der Waals surface area contributed by atoms with Gasteiger partial charge >= 0.3 is 0 Å². The highest BCUT2D eigenvalue weighted by Crippen LogP contribution is 2.36. The molecule has 0 bridgehead atoms. The molecule has 0 aliphatic carbocycles. The molecule has 1 aromatic rings. The van der Waals surface area contributed by atoms with Gasteiger partial charge in [0.25, 0.3) is 0 Å². The lowest BCUT2D eigenvalue weighted by atomic mass is 10.3. The summed E-state index contributed by atoms with van der Waals surface area (Å²) < 4.78 is 0. The molecule has 3 rings (SSSR count). The highest BCUT2D eigenvalue weighted by Gasteiger charge is 2.50. The maximum Gasteiger partial charge on any atom is 0.0635 e. The molecular formula is C10H12N2. The van der Waals surface area contributed by atoms with Gasteiger partial charge in [0.05, 0.1) is 12.1 Å². The number of rotatable bonds is 1. The van der Waals surface area contributed by atoms with Crippen LogP contribution >= 0.6 is 0 Å². The van der Waals surface area contributed by atoms with Crippen LogP contribution in [0.2, 0.25) is 0 Å². The molecule has 1 aromatic carbocycles. The molecule has 0 spiro atoms. The smallest absolute Gasteiger partial charge is 0.0635 e. The largest absolute Gasteiger partial charge is 0.359 e. The van der Waals surface area contributed by atoms with Crippen molar-refractivity contribution < 1.29 is 0 Å². The van der Waals surface area contributed by atoms with E-state index in [0.29, 0.717) is 0 Å². The Morgan fingerprint density at radius 1 is 1.08 bits per heavy atom. The van der Waals surface area contributed by atoms with Crippen molar-refractivity contribution in [1.82, 2.24) is 5.32 Å². The highest BCUT2D eigenvalue weighted by atomic mass is 15.4. The van der Waals surface area contributed by atoms with Gasteiger partial charge in [-0.1, -0.05) is 18.2 Å². The van der Waals surface area contributed by atoms with Gasteiger partial charge in [0.1, 0.15) is 0 Å². The van der Waals surface area contributed by atoms with Crippen molar-refractivity contribution in [3.8, 4) is 0 Å². The van der Waals surface area contributed by atoms with Crippen LogP contribution in [0.5, 0.6) is 0 Å². The lowest BCUT2D eigenvalue weighted by Crippen LogP contribution is -2.22. The molecule has 12 heavy (non-hydrogen) atoms. The summed E-state index contributed by atoms with van der Waals surface area (Å²) in [7, 11) is 0. The van der Waals surface area contributed by atoms with Gasteiger partial charge in [-0.05, 0) is 12.1 Å². The van der Waals surface area contributed by atoms with Gasteiger partial charge in [0.2, 0.25) is 0 Å². The number of piperazine rings is 1. The predicted molar refractivity (Wildman–Crippen MR) is 49.4 cm³/mol. The Morgan fingerprint density at radius 2 is 1.75 bits per heavy atom. The minimum Gasteiger partial charge on any atom is -0.359 e. The zero-order chi connectivity index (χ0) is 7.97. The lowest BCUT2D eigenvalue weighted by molar-refractivity contribution is 0.768. The van der Waals surface area contributed by atoms with Crippen LogP contribution in [-0.2, 0) is 0 Å².